The second-order valence-corrected chi connectivity index (χ2v) is 5.47. The van der Waals surface area contributed by atoms with Gasteiger partial charge in [0.25, 0.3) is 0 Å². The van der Waals surface area contributed by atoms with E-state index in [1.807, 2.05) is 0 Å². The number of carboxylic acids is 1. The molecule has 0 aliphatic heterocycles. The first-order chi connectivity index (χ1) is 9.06. The van der Waals surface area contributed by atoms with Gasteiger partial charge in [-0.1, -0.05) is 6.92 Å². The number of carboxylic acid groups (broad SMARTS) is 1. The summed E-state index contributed by atoms with van der Waals surface area (Å²) in [6.07, 6.45) is 6.69. The van der Waals surface area contributed by atoms with E-state index in [4.69, 9.17) is 5.11 Å². The minimum atomic E-state index is -1.01. The van der Waals surface area contributed by atoms with Crippen LogP contribution in [0.15, 0.2) is 18.5 Å². The van der Waals surface area contributed by atoms with Gasteiger partial charge in [0.05, 0.1) is 17.8 Å². The third-order valence-corrected chi connectivity index (χ3v) is 3.99. The van der Waals surface area contributed by atoms with Gasteiger partial charge in [-0.3, -0.25) is 4.98 Å². The van der Waals surface area contributed by atoms with E-state index in [0.717, 1.165) is 25.7 Å². The van der Waals surface area contributed by atoms with Crippen molar-refractivity contribution in [2.24, 2.45) is 5.92 Å². The molecule has 0 aromatic carbocycles. The molecule has 0 radical (unpaired) electrons. The molecule has 5 nitrogen and oxygen atoms in total. The molecule has 0 atom stereocenters. The van der Waals surface area contributed by atoms with Crippen molar-refractivity contribution in [3.05, 3.63) is 24.0 Å². The maximum absolute atomic E-state index is 11.2. The smallest absolute Gasteiger partial charge is 0.339 e. The Bertz CT molecular complexity index is 454. The van der Waals surface area contributed by atoms with Crippen molar-refractivity contribution >= 4 is 11.7 Å². The molecule has 0 saturated heterocycles. The van der Waals surface area contributed by atoms with E-state index in [0.29, 0.717) is 11.6 Å². The monoisotopic (exact) mass is 264 g/mol. The molecule has 0 amide bonds. The summed E-state index contributed by atoms with van der Waals surface area (Å²) in [7, 11) is 0. The molecule has 1 aliphatic carbocycles. The first-order valence-electron chi connectivity index (χ1n) is 6.63. The average molecular weight is 264 g/mol. The summed E-state index contributed by atoms with van der Waals surface area (Å²) < 4.78 is 0. The fraction of sp³-hybridized carbons (Fsp3) is 0.571. The topological polar surface area (TPSA) is 82.5 Å². The number of hydrogen-bond donors (Lipinski definition) is 3. The molecule has 3 N–H and O–H groups in total. The van der Waals surface area contributed by atoms with E-state index < -0.39 is 11.5 Å². The van der Waals surface area contributed by atoms with Crippen molar-refractivity contribution < 1.29 is 15.0 Å². The Labute approximate surface area is 112 Å². The van der Waals surface area contributed by atoms with Gasteiger partial charge in [-0.2, -0.15) is 0 Å². The van der Waals surface area contributed by atoms with Gasteiger partial charge in [0.15, 0.2) is 0 Å². The quantitative estimate of drug-likeness (QED) is 0.776. The van der Waals surface area contributed by atoms with Gasteiger partial charge in [0.1, 0.15) is 5.56 Å². The highest BCUT2D eigenvalue weighted by Crippen LogP contribution is 2.35. The number of hydrogen-bond acceptors (Lipinski definition) is 4. The summed E-state index contributed by atoms with van der Waals surface area (Å²) in [4.78, 5) is 15.0. The van der Waals surface area contributed by atoms with Crippen LogP contribution in [0, 0.1) is 5.92 Å². The molecular weight excluding hydrogens is 244 g/mol. The van der Waals surface area contributed by atoms with Crippen molar-refractivity contribution in [3.8, 4) is 0 Å². The number of aliphatic hydroxyl groups is 1. The highest BCUT2D eigenvalue weighted by atomic mass is 16.4. The summed E-state index contributed by atoms with van der Waals surface area (Å²) in [6.45, 7) is 2.22. The normalized spacial score (nSPS) is 26.9. The second-order valence-electron chi connectivity index (χ2n) is 5.47. The molecule has 1 saturated carbocycles. The maximum Gasteiger partial charge on any atom is 0.339 e. The molecule has 0 bridgehead atoms. The highest BCUT2D eigenvalue weighted by molar-refractivity contribution is 5.93. The molecular formula is C14H20N2O3. The van der Waals surface area contributed by atoms with Crippen LogP contribution in [0.3, 0.4) is 0 Å². The number of nitrogens with one attached hydrogen (secondary N) is 1. The molecule has 5 heteroatoms. The number of pyridine rings is 1. The molecule has 0 spiro atoms. The van der Waals surface area contributed by atoms with Gasteiger partial charge in [-0.25, -0.2) is 4.79 Å². The lowest BCUT2D eigenvalue weighted by Crippen LogP contribution is -2.45. The van der Waals surface area contributed by atoms with Crippen LogP contribution in [-0.2, 0) is 0 Å². The Kier molecular flexibility index (Phi) is 4.04. The van der Waals surface area contributed by atoms with Crippen LogP contribution < -0.4 is 5.32 Å². The molecule has 104 valence electrons. The SMILES string of the molecule is CC1CCC(CO)(Nc2ccncc2C(=O)O)CC1. The zero-order chi connectivity index (χ0) is 13.9. The zero-order valence-electron chi connectivity index (χ0n) is 11.1. The predicted molar refractivity (Wildman–Crippen MR) is 72.3 cm³/mol. The van der Waals surface area contributed by atoms with Crippen LogP contribution in [0.25, 0.3) is 0 Å². The standard InChI is InChI=1S/C14H20N2O3/c1-10-2-5-14(9-17,6-3-10)16-12-4-7-15-8-11(12)13(18)19/h4,7-8,10,17H,2-3,5-6,9H2,1H3,(H,15,16)(H,18,19). The molecule has 0 unspecified atom stereocenters. The largest absolute Gasteiger partial charge is 0.478 e. The number of nitrogens with zero attached hydrogens (tertiary/aromatic N) is 1. The molecule has 1 fully saturated rings. The summed E-state index contributed by atoms with van der Waals surface area (Å²) in [5.74, 6) is -0.342. The van der Waals surface area contributed by atoms with Crippen LogP contribution in [0.5, 0.6) is 0 Å². The van der Waals surface area contributed by atoms with E-state index in [-0.39, 0.29) is 12.2 Å². The van der Waals surface area contributed by atoms with E-state index in [2.05, 4.69) is 17.2 Å². The summed E-state index contributed by atoms with van der Waals surface area (Å²) in [5.41, 5.74) is 0.276. The first kappa shape index (κ1) is 13.8. The van der Waals surface area contributed by atoms with Crippen molar-refractivity contribution in [3.63, 3.8) is 0 Å². The lowest BCUT2D eigenvalue weighted by Gasteiger charge is -2.39. The van der Waals surface area contributed by atoms with Crippen LogP contribution in [-0.4, -0.2) is 33.3 Å². The number of anilines is 1. The van der Waals surface area contributed by atoms with Crippen molar-refractivity contribution in [2.45, 2.75) is 38.1 Å². The van der Waals surface area contributed by atoms with Gasteiger partial charge < -0.3 is 15.5 Å². The van der Waals surface area contributed by atoms with E-state index in [9.17, 15) is 9.90 Å². The van der Waals surface area contributed by atoms with Gasteiger partial charge in [0, 0.05) is 12.4 Å². The van der Waals surface area contributed by atoms with E-state index in [1.165, 1.54) is 6.20 Å². The summed E-state index contributed by atoms with van der Waals surface area (Å²) >= 11 is 0. The average Bonchev–Trinajstić information content (AvgIpc) is 2.42. The van der Waals surface area contributed by atoms with E-state index in [1.54, 1.807) is 12.3 Å². The highest BCUT2D eigenvalue weighted by Gasteiger charge is 2.34. The fourth-order valence-corrected chi connectivity index (χ4v) is 2.60. The molecule has 2 rings (SSSR count). The first-order valence-corrected chi connectivity index (χ1v) is 6.63. The number of aromatic nitrogens is 1. The molecule has 1 aliphatic rings. The van der Waals surface area contributed by atoms with Crippen LogP contribution in [0.4, 0.5) is 5.69 Å². The molecule has 1 heterocycles. The van der Waals surface area contributed by atoms with Crippen LogP contribution in [0.1, 0.15) is 43.0 Å². The lowest BCUT2D eigenvalue weighted by molar-refractivity contribution is 0.0697. The van der Waals surface area contributed by atoms with Crippen molar-refractivity contribution in [1.29, 1.82) is 0 Å². The Balaban J connectivity index is 2.21. The van der Waals surface area contributed by atoms with Crippen molar-refractivity contribution in [1.82, 2.24) is 4.98 Å². The minimum Gasteiger partial charge on any atom is -0.478 e. The van der Waals surface area contributed by atoms with E-state index >= 15 is 0 Å². The van der Waals surface area contributed by atoms with Crippen molar-refractivity contribution in [2.75, 3.05) is 11.9 Å². The lowest BCUT2D eigenvalue weighted by atomic mass is 9.77. The maximum atomic E-state index is 11.2. The number of carbonyl (C=O) groups is 1. The molecule has 19 heavy (non-hydrogen) atoms. The Morgan fingerprint density at radius 1 is 1.53 bits per heavy atom. The Morgan fingerprint density at radius 3 is 2.79 bits per heavy atom. The van der Waals surface area contributed by atoms with Gasteiger partial charge in [-0.05, 0) is 37.7 Å². The zero-order valence-corrected chi connectivity index (χ0v) is 11.1. The van der Waals surface area contributed by atoms with Gasteiger partial charge in [-0.15, -0.1) is 0 Å². The number of rotatable bonds is 4. The molecule has 1 aromatic rings. The molecule has 1 aromatic heterocycles. The fourth-order valence-electron chi connectivity index (χ4n) is 2.60. The van der Waals surface area contributed by atoms with Gasteiger partial charge in [0.2, 0.25) is 0 Å². The predicted octanol–water partition coefficient (Wildman–Crippen LogP) is 2.13. The third-order valence-electron chi connectivity index (χ3n) is 3.99. The van der Waals surface area contributed by atoms with Gasteiger partial charge >= 0.3 is 5.97 Å². The number of aliphatic hydroxyl groups excluding tert-OH is 1. The summed E-state index contributed by atoms with van der Waals surface area (Å²) in [5, 5.41) is 22.1. The Morgan fingerprint density at radius 2 is 2.21 bits per heavy atom. The number of aromatic carboxylic acids is 1. The second kappa shape index (κ2) is 5.57. The van der Waals surface area contributed by atoms with Crippen LogP contribution >= 0.6 is 0 Å². The minimum absolute atomic E-state index is 0.0150. The summed E-state index contributed by atoms with van der Waals surface area (Å²) in [6, 6.07) is 1.65. The Hall–Kier alpha value is -1.62. The third kappa shape index (κ3) is 3.04. The van der Waals surface area contributed by atoms with Crippen LogP contribution in [0.2, 0.25) is 0 Å².